The molecular formula is C14H25N5OS. The van der Waals surface area contributed by atoms with Crippen LogP contribution in [0.25, 0.3) is 0 Å². The normalized spacial score (nSPS) is 13.8. The van der Waals surface area contributed by atoms with Gasteiger partial charge < -0.3 is 0 Å². The summed E-state index contributed by atoms with van der Waals surface area (Å²) >= 11 is 1.60. The molecular weight excluding hydrogens is 286 g/mol. The first-order valence-corrected chi connectivity index (χ1v) is 8.49. The Bertz CT molecular complexity index is 518. The van der Waals surface area contributed by atoms with Gasteiger partial charge in [0, 0.05) is 12.3 Å². The third kappa shape index (κ3) is 5.56. The molecule has 1 unspecified atom stereocenters. The molecule has 0 aliphatic heterocycles. The van der Waals surface area contributed by atoms with E-state index < -0.39 is 5.54 Å². The van der Waals surface area contributed by atoms with Crippen molar-refractivity contribution in [3.05, 3.63) is 10.5 Å². The molecule has 0 aliphatic carbocycles. The molecule has 1 heterocycles. The summed E-state index contributed by atoms with van der Waals surface area (Å²) in [5.41, 5.74) is -0.570. The molecule has 1 aromatic heterocycles. The molecule has 0 fully saturated rings. The van der Waals surface area contributed by atoms with Crippen LogP contribution in [0.4, 0.5) is 0 Å². The van der Waals surface area contributed by atoms with Gasteiger partial charge in [-0.1, -0.05) is 25.6 Å². The zero-order valence-electron chi connectivity index (χ0n) is 13.1. The standard InChI is InChI=1S/C14H25N5OS/c1-4-9-19-12(20)17-18-13(19)21-10-7-6-8-14(3,11-15)16-5-2/h16H,4-10H2,1-3H3,(H,17,20). The fraction of sp³-hybridized carbons (Fsp3) is 0.786. The Morgan fingerprint density at radius 3 is 2.86 bits per heavy atom. The average Bonchev–Trinajstić information content (AvgIpc) is 2.81. The maximum atomic E-state index is 11.5. The fourth-order valence-electron chi connectivity index (χ4n) is 2.15. The van der Waals surface area contributed by atoms with Crippen molar-refractivity contribution in [2.24, 2.45) is 0 Å². The lowest BCUT2D eigenvalue weighted by molar-refractivity contribution is 0.415. The summed E-state index contributed by atoms with van der Waals surface area (Å²) in [6.07, 6.45) is 3.73. The first-order valence-electron chi connectivity index (χ1n) is 7.50. The van der Waals surface area contributed by atoms with Crippen LogP contribution in [0.5, 0.6) is 0 Å². The molecule has 0 aromatic carbocycles. The molecule has 1 atom stereocenters. The van der Waals surface area contributed by atoms with E-state index in [1.54, 1.807) is 16.3 Å². The van der Waals surface area contributed by atoms with Gasteiger partial charge in [-0.15, -0.1) is 5.10 Å². The van der Waals surface area contributed by atoms with Crippen molar-refractivity contribution in [3.8, 4) is 6.07 Å². The zero-order valence-corrected chi connectivity index (χ0v) is 13.9. The summed E-state index contributed by atoms with van der Waals surface area (Å²) in [6, 6.07) is 2.34. The molecule has 0 bridgehead atoms. The first kappa shape index (κ1) is 17.8. The Labute approximate surface area is 130 Å². The van der Waals surface area contributed by atoms with Crippen molar-refractivity contribution >= 4 is 11.8 Å². The number of rotatable bonds is 10. The highest BCUT2D eigenvalue weighted by atomic mass is 32.2. The Hall–Kier alpha value is -1.26. The lowest BCUT2D eigenvalue weighted by atomic mass is 9.97. The molecule has 0 aliphatic rings. The topological polar surface area (TPSA) is 86.5 Å². The average molecular weight is 311 g/mol. The van der Waals surface area contributed by atoms with Crippen molar-refractivity contribution in [1.29, 1.82) is 5.26 Å². The van der Waals surface area contributed by atoms with Crippen LogP contribution in [-0.2, 0) is 6.54 Å². The predicted molar refractivity (Wildman–Crippen MR) is 85.4 cm³/mol. The van der Waals surface area contributed by atoms with Gasteiger partial charge in [0.1, 0.15) is 5.54 Å². The van der Waals surface area contributed by atoms with Gasteiger partial charge in [-0.3, -0.25) is 9.88 Å². The maximum Gasteiger partial charge on any atom is 0.343 e. The number of aromatic nitrogens is 3. The van der Waals surface area contributed by atoms with Crippen LogP contribution < -0.4 is 11.0 Å². The van der Waals surface area contributed by atoms with E-state index >= 15 is 0 Å². The van der Waals surface area contributed by atoms with Gasteiger partial charge in [-0.2, -0.15) is 5.26 Å². The Morgan fingerprint density at radius 2 is 2.24 bits per heavy atom. The largest absolute Gasteiger partial charge is 0.343 e. The van der Waals surface area contributed by atoms with E-state index in [1.807, 2.05) is 20.8 Å². The molecule has 0 spiro atoms. The van der Waals surface area contributed by atoms with Gasteiger partial charge in [-0.25, -0.2) is 9.89 Å². The smallest absolute Gasteiger partial charge is 0.300 e. The van der Waals surface area contributed by atoms with Gasteiger partial charge in [0.25, 0.3) is 0 Å². The maximum absolute atomic E-state index is 11.5. The number of nitrogens with zero attached hydrogens (tertiary/aromatic N) is 3. The van der Waals surface area contributed by atoms with E-state index in [1.165, 1.54) is 0 Å². The molecule has 21 heavy (non-hydrogen) atoms. The Kier molecular flexibility index (Phi) is 7.54. The minimum Gasteiger partial charge on any atom is -0.300 e. The second-order valence-corrected chi connectivity index (χ2v) is 6.30. The predicted octanol–water partition coefficient (Wildman–Crippen LogP) is 2.14. The summed E-state index contributed by atoms with van der Waals surface area (Å²) in [5.74, 6) is 0.904. The third-order valence-corrected chi connectivity index (χ3v) is 4.35. The summed E-state index contributed by atoms with van der Waals surface area (Å²) < 4.78 is 1.68. The van der Waals surface area contributed by atoms with Crippen LogP contribution in [0, 0.1) is 11.3 Å². The summed E-state index contributed by atoms with van der Waals surface area (Å²) in [5, 5.41) is 19.7. The second kappa shape index (κ2) is 8.90. The molecule has 0 radical (unpaired) electrons. The van der Waals surface area contributed by atoms with Crippen LogP contribution >= 0.6 is 11.8 Å². The third-order valence-electron chi connectivity index (χ3n) is 3.29. The summed E-state index contributed by atoms with van der Waals surface area (Å²) in [4.78, 5) is 11.5. The molecule has 1 rings (SSSR count). The Morgan fingerprint density at radius 1 is 1.48 bits per heavy atom. The number of nitrogens with one attached hydrogen (secondary N) is 2. The zero-order chi connectivity index (χ0) is 15.7. The van der Waals surface area contributed by atoms with E-state index in [0.29, 0.717) is 6.54 Å². The molecule has 6 nitrogen and oxygen atoms in total. The van der Waals surface area contributed by atoms with Crippen molar-refractivity contribution < 1.29 is 0 Å². The summed E-state index contributed by atoms with van der Waals surface area (Å²) in [6.45, 7) is 7.49. The van der Waals surface area contributed by atoms with Crippen molar-refractivity contribution in [2.75, 3.05) is 12.3 Å². The molecule has 1 aromatic rings. The lowest BCUT2D eigenvalue weighted by Crippen LogP contribution is -2.40. The van der Waals surface area contributed by atoms with Crippen LogP contribution in [0.1, 0.15) is 46.5 Å². The number of thioether (sulfide) groups is 1. The van der Waals surface area contributed by atoms with Crippen LogP contribution in [-0.4, -0.2) is 32.6 Å². The van der Waals surface area contributed by atoms with Crippen molar-refractivity contribution in [3.63, 3.8) is 0 Å². The van der Waals surface area contributed by atoms with Crippen LogP contribution in [0.3, 0.4) is 0 Å². The van der Waals surface area contributed by atoms with E-state index in [9.17, 15) is 10.1 Å². The SMILES string of the molecule is CCCn1c(SCCCCC(C)(C#N)NCC)n[nH]c1=O. The van der Waals surface area contributed by atoms with Crippen molar-refractivity contribution in [2.45, 2.75) is 63.7 Å². The van der Waals surface area contributed by atoms with Gasteiger partial charge in [0.2, 0.25) is 0 Å². The molecule has 0 saturated heterocycles. The van der Waals surface area contributed by atoms with Gasteiger partial charge in [-0.05, 0) is 39.2 Å². The number of unbranched alkanes of at least 4 members (excludes halogenated alkanes) is 1. The van der Waals surface area contributed by atoms with E-state index in [4.69, 9.17) is 0 Å². The van der Waals surface area contributed by atoms with Gasteiger partial charge in [0.15, 0.2) is 5.16 Å². The van der Waals surface area contributed by atoms with E-state index in [2.05, 4.69) is 21.6 Å². The molecule has 0 amide bonds. The highest BCUT2D eigenvalue weighted by Crippen LogP contribution is 2.18. The lowest BCUT2D eigenvalue weighted by Gasteiger charge is -2.22. The molecule has 118 valence electrons. The van der Waals surface area contributed by atoms with Gasteiger partial charge >= 0.3 is 5.69 Å². The van der Waals surface area contributed by atoms with E-state index in [0.717, 1.165) is 43.1 Å². The Balaban J connectivity index is 2.35. The van der Waals surface area contributed by atoms with Gasteiger partial charge in [0.05, 0.1) is 6.07 Å². The number of hydrogen-bond acceptors (Lipinski definition) is 5. The van der Waals surface area contributed by atoms with E-state index in [-0.39, 0.29) is 5.69 Å². The van der Waals surface area contributed by atoms with Crippen molar-refractivity contribution in [1.82, 2.24) is 20.1 Å². The number of H-pyrrole nitrogens is 1. The van der Waals surface area contributed by atoms with Crippen LogP contribution in [0.2, 0.25) is 0 Å². The number of aromatic amines is 1. The number of hydrogen-bond donors (Lipinski definition) is 2. The second-order valence-electron chi connectivity index (χ2n) is 5.24. The molecule has 7 heteroatoms. The first-order chi connectivity index (χ1) is 10.1. The highest BCUT2D eigenvalue weighted by molar-refractivity contribution is 7.99. The van der Waals surface area contributed by atoms with Crippen LogP contribution in [0.15, 0.2) is 9.95 Å². The minimum atomic E-state index is -0.434. The minimum absolute atomic E-state index is 0.136. The summed E-state index contributed by atoms with van der Waals surface area (Å²) in [7, 11) is 0. The number of nitriles is 1. The molecule has 2 N–H and O–H groups in total. The fourth-order valence-corrected chi connectivity index (χ4v) is 3.12. The quantitative estimate of drug-likeness (QED) is 0.510. The highest BCUT2D eigenvalue weighted by Gasteiger charge is 2.21. The monoisotopic (exact) mass is 311 g/mol. The molecule has 0 saturated carbocycles.